The lowest BCUT2D eigenvalue weighted by molar-refractivity contribution is 0.340. The molecule has 0 amide bonds. The molecule has 0 unspecified atom stereocenters. The van der Waals surface area contributed by atoms with Crippen molar-refractivity contribution in [3.63, 3.8) is 0 Å². The molecular weight excluding hydrogens is 222 g/mol. The Morgan fingerprint density at radius 2 is 2.31 bits per heavy atom. The first-order valence-electron chi connectivity index (χ1n) is 5.59. The molecule has 0 aliphatic carbocycles. The lowest BCUT2D eigenvalue weighted by Gasteiger charge is -2.26. The fourth-order valence-corrected chi connectivity index (χ4v) is 2.47. The molecule has 0 spiro atoms. The Balaban J connectivity index is 2.09. The molecule has 84 valence electrons. The minimum atomic E-state index is 0.617. The van der Waals surface area contributed by atoms with Gasteiger partial charge in [0.2, 0.25) is 0 Å². The van der Waals surface area contributed by atoms with Gasteiger partial charge in [-0.15, -0.1) is 0 Å². The van der Waals surface area contributed by atoms with Crippen molar-refractivity contribution < 1.29 is 0 Å². The second-order valence-corrected chi connectivity index (χ2v) is 4.79. The number of fused-ring (bicyclic) bond motifs is 1. The third-order valence-corrected chi connectivity index (χ3v) is 3.50. The molecule has 0 atom stereocenters. The van der Waals surface area contributed by atoms with Crippen molar-refractivity contribution in [2.75, 3.05) is 13.1 Å². The molecule has 1 aliphatic rings. The minimum absolute atomic E-state index is 0.617. The second kappa shape index (κ2) is 3.75. The number of hydrogen-bond acceptors (Lipinski definition) is 2. The summed E-state index contributed by atoms with van der Waals surface area (Å²) >= 11 is 6.15. The highest BCUT2D eigenvalue weighted by Crippen LogP contribution is 2.22. The number of pyridine rings is 1. The Morgan fingerprint density at radius 3 is 3.00 bits per heavy atom. The highest BCUT2D eigenvalue weighted by atomic mass is 35.5. The van der Waals surface area contributed by atoms with Gasteiger partial charge in [-0.1, -0.05) is 17.7 Å². The van der Waals surface area contributed by atoms with E-state index in [4.69, 9.17) is 11.6 Å². The summed E-state index contributed by atoms with van der Waals surface area (Å²) in [6, 6.07) is 6.13. The van der Waals surface area contributed by atoms with Crippen molar-refractivity contribution in [2.24, 2.45) is 5.92 Å². The van der Waals surface area contributed by atoms with E-state index in [-0.39, 0.29) is 0 Å². The van der Waals surface area contributed by atoms with E-state index in [9.17, 15) is 0 Å². The zero-order valence-corrected chi connectivity index (χ0v) is 9.96. The van der Waals surface area contributed by atoms with Crippen LogP contribution in [0.3, 0.4) is 0 Å². The van der Waals surface area contributed by atoms with E-state index in [0.717, 1.165) is 30.9 Å². The van der Waals surface area contributed by atoms with Gasteiger partial charge in [-0.25, -0.2) is 4.98 Å². The van der Waals surface area contributed by atoms with Gasteiger partial charge in [-0.2, -0.15) is 0 Å². The highest BCUT2D eigenvalue weighted by Gasteiger charge is 2.20. The van der Waals surface area contributed by atoms with E-state index in [1.165, 1.54) is 5.69 Å². The van der Waals surface area contributed by atoms with Crippen molar-refractivity contribution in [3.05, 3.63) is 34.9 Å². The van der Waals surface area contributed by atoms with Gasteiger partial charge >= 0.3 is 0 Å². The molecule has 0 saturated carbocycles. The summed E-state index contributed by atoms with van der Waals surface area (Å²) in [5.41, 5.74) is 2.21. The summed E-state index contributed by atoms with van der Waals surface area (Å²) in [5.74, 6) is 1.80. The van der Waals surface area contributed by atoms with Crippen molar-refractivity contribution in [3.8, 4) is 0 Å². The van der Waals surface area contributed by atoms with Crippen molar-refractivity contribution in [2.45, 2.75) is 13.3 Å². The van der Waals surface area contributed by atoms with E-state index < -0.39 is 0 Å². The van der Waals surface area contributed by atoms with Gasteiger partial charge in [-0.05, 0) is 38.1 Å². The number of rotatable bonds is 2. The largest absolute Gasteiger partial charge is 0.316 e. The molecule has 3 rings (SSSR count). The predicted molar refractivity (Wildman–Crippen MR) is 65.0 cm³/mol. The second-order valence-electron chi connectivity index (χ2n) is 4.44. The monoisotopic (exact) mass is 235 g/mol. The molecule has 2 aromatic rings. The van der Waals surface area contributed by atoms with Crippen LogP contribution in [0.2, 0.25) is 5.15 Å². The van der Waals surface area contributed by atoms with E-state index in [1.54, 1.807) is 0 Å². The van der Waals surface area contributed by atoms with E-state index in [2.05, 4.69) is 27.7 Å². The number of aromatic nitrogens is 2. The van der Waals surface area contributed by atoms with Crippen LogP contribution in [0.25, 0.3) is 5.52 Å². The Hall–Kier alpha value is -1.06. The molecule has 0 radical (unpaired) electrons. The van der Waals surface area contributed by atoms with Crippen LogP contribution in [0.1, 0.15) is 11.5 Å². The van der Waals surface area contributed by atoms with Crippen LogP contribution < -0.4 is 5.32 Å². The molecule has 1 N–H and O–H groups in total. The molecule has 16 heavy (non-hydrogen) atoms. The molecule has 1 fully saturated rings. The first-order valence-corrected chi connectivity index (χ1v) is 5.96. The summed E-state index contributed by atoms with van der Waals surface area (Å²) in [6.45, 7) is 4.28. The molecular formula is C12H14ClN3. The number of nitrogens with zero attached hydrogens (tertiary/aromatic N) is 2. The molecule has 3 nitrogen and oxygen atoms in total. The van der Waals surface area contributed by atoms with Crippen LogP contribution in [-0.4, -0.2) is 22.5 Å². The van der Waals surface area contributed by atoms with Gasteiger partial charge in [0, 0.05) is 12.1 Å². The average molecular weight is 236 g/mol. The number of hydrogen-bond donors (Lipinski definition) is 1. The van der Waals surface area contributed by atoms with Gasteiger partial charge in [0.05, 0.1) is 5.52 Å². The van der Waals surface area contributed by atoms with Gasteiger partial charge in [-0.3, -0.25) is 4.40 Å². The third-order valence-electron chi connectivity index (χ3n) is 3.22. The van der Waals surface area contributed by atoms with Gasteiger partial charge in [0.1, 0.15) is 5.82 Å². The summed E-state index contributed by atoms with van der Waals surface area (Å²) in [4.78, 5) is 4.47. The van der Waals surface area contributed by atoms with E-state index >= 15 is 0 Å². The lowest BCUT2D eigenvalue weighted by atomic mass is 9.99. The van der Waals surface area contributed by atoms with Crippen molar-refractivity contribution in [1.29, 1.82) is 0 Å². The molecule has 0 aromatic carbocycles. The fraction of sp³-hybridized carbons (Fsp3) is 0.417. The highest BCUT2D eigenvalue weighted by molar-refractivity contribution is 6.32. The summed E-state index contributed by atoms with van der Waals surface area (Å²) < 4.78 is 2.17. The Kier molecular flexibility index (Phi) is 2.37. The number of imidazole rings is 1. The normalized spacial score (nSPS) is 16.6. The van der Waals surface area contributed by atoms with Crippen LogP contribution in [-0.2, 0) is 6.42 Å². The maximum Gasteiger partial charge on any atom is 0.155 e. The van der Waals surface area contributed by atoms with Gasteiger partial charge < -0.3 is 5.32 Å². The molecule has 0 bridgehead atoms. The van der Waals surface area contributed by atoms with Crippen LogP contribution in [0.5, 0.6) is 0 Å². The summed E-state index contributed by atoms with van der Waals surface area (Å²) in [7, 11) is 0. The molecule has 1 saturated heterocycles. The molecule has 4 heteroatoms. The Labute approximate surface area is 99.4 Å². The quantitative estimate of drug-likeness (QED) is 0.864. The first kappa shape index (κ1) is 10.1. The van der Waals surface area contributed by atoms with E-state index in [1.807, 2.05) is 12.1 Å². The Morgan fingerprint density at radius 1 is 1.50 bits per heavy atom. The zero-order chi connectivity index (χ0) is 11.1. The van der Waals surface area contributed by atoms with E-state index in [0.29, 0.717) is 11.1 Å². The van der Waals surface area contributed by atoms with Crippen LogP contribution in [0.15, 0.2) is 18.2 Å². The van der Waals surface area contributed by atoms with Crippen LogP contribution in [0, 0.1) is 12.8 Å². The molecule has 3 heterocycles. The summed E-state index contributed by atoms with van der Waals surface area (Å²) in [6.07, 6.45) is 1.01. The fourth-order valence-electron chi connectivity index (χ4n) is 2.23. The summed E-state index contributed by atoms with van der Waals surface area (Å²) in [5, 5.41) is 3.90. The lowest BCUT2D eigenvalue weighted by Crippen LogP contribution is -2.43. The van der Waals surface area contributed by atoms with Gasteiger partial charge in [0.25, 0.3) is 0 Å². The standard InChI is InChI=1S/C12H14ClN3/c1-8-3-2-4-10-12(13)15-11(16(8)10)5-9-6-14-7-9/h2-4,9,14H,5-7H2,1H3. The third kappa shape index (κ3) is 1.51. The maximum absolute atomic E-state index is 6.15. The number of aryl methyl sites for hydroxylation is 1. The minimum Gasteiger partial charge on any atom is -0.316 e. The topological polar surface area (TPSA) is 29.3 Å². The van der Waals surface area contributed by atoms with Gasteiger partial charge in [0.15, 0.2) is 5.15 Å². The number of halogens is 1. The maximum atomic E-state index is 6.15. The molecule has 2 aromatic heterocycles. The number of nitrogens with one attached hydrogen (secondary N) is 1. The predicted octanol–water partition coefficient (Wildman–Crippen LogP) is 2.06. The van der Waals surface area contributed by atoms with Crippen molar-refractivity contribution in [1.82, 2.24) is 14.7 Å². The van der Waals surface area contributed by atoms with Crippen LogP contribution in [0.4, 0.5) is 0 Å². The van der Waals surface area contributed by atoms with Crippen LogP contribution >= 0.6 is 11.6 Å². The zero-order valence-electron chi connectivity index (χ0n) is 9.20. The van der Waals surface area contributed by atoms with Crippen molar-refractivity contribution >= 4 is 17.1 Å². The molecule has 1 aliphatic heterocycles. The average Bonchev–Trinajstić information content (AvgIpc) is 2.52. The SMILES string of the molecule is Cc1cccc2c(Cl)nc(CC3CNC3)n12. The Bertz CT molecular complexity index is 528. The first-order chi connectivity index (χ1) is 7.75. The smallest absolute Gasteiger partial charge is 0.155 e.